The zero-order chi connectivity index (χ0) is 14.5. The molecular weight excluding hydrogens is 254 g/mol. The monoisotopic (exact) mass is 271 g/mol. The Hall–Kier alpha value is -2.49. The number of para-hydroxylation sites is 1. The summed E-state index contributed by atoms with van der Waals surface area (Å²) < 4.78 is 10.5. The molecule has 2 rings (SSSR count). The topological polar surface area (TPSA) is 61.5 Å². The second kappa shape index (κ2) is 6.10. The number of hydrogen-bond acceptors (Lipinski definition) is 4. The van der Waals surface area contributed by atoms with Gasteiger partial charge in [-0.25, -0.2) is 4.79 Å². The predicted octanol–water partition coefficient (Wildman–Crippen LogP) is 2.94. The van der Waals surface area contributed by atoms with Crippen molar-refractivity contribution in [3.63, 3.8) is 0 Å². The number of carbonyl (C=O) groups is 1. The summed E-state index contributed by atoms with van der Waals surface area (Å²) in [4.78, 5) is 12.0. The van der Waals surface area contributed by atoms with Gasteiger partial charge in [0, 0.05) is 11.3 Å². The van der Waals surface area contributed by atoms with E-state index in [1.54, 1.807) is 25.3 Å². The highest BCUT2D eigenvalue weighted by molar-refractivity contribution is 5.90. The van der Waals surface area contributed by atoms with Crippen molar-refractivity contribution in [2.45, 2.75) is 13.5 Å². The molecule has 2 aromatic carbocycles. The van der Waals surface area contributed by atoms with E-state index in [0.29, 0.717) is 17.0 Å². The molecule has 0 unspecified atom stereocenters. The van der Waals surface area contributed by atoms with Gasteiger partial charge in [-0.15, -0.1) is 0 Å². The summed E-state index contributed by atoms with van der Waals surface area (Å²) >= 11 is 0. The summed E-state index contributed by atoms with van der Waals surface area (Å²) in [5.74, 6) is 0.327. The SMILES string of the molecule is COc1ccccc1COC(=O)c1ccc(N)c(C)c1. The van der Waals surface area contributed by atoms with Crippen LogP contribution in [-0.2, 0) is 11.3 Å². The Morgan fingerprint density at radius 3 is 2.65 bits per heavy atom. The molecule has 104 valence electrons. The number of rotatable bonds is 4. The quantitative estimate of drug-likeness (QED) is 0.686. The Bertz CT molecular complexity index is 623. The third-order valence-corrected chi connectivity index (χ3v) is 3.06. The zero-order valence-electron chi connectivity index (χ0n) is 11.6. The first-order valence-electron chi connectivity index (χ1n) is 6.27. The number of anilines is 1. The van der Waals surface area contributed by atoms with E-state index in [0.717, 1.165) is 11.1 Å². The number of hydrogen-bond donors (Lipinski definition) is 1. The van der Waals surface area contributed by atoms with Crippen molar-refractivity contribution >= 4 is 11.7 Å². The maximum absolute atomic E-state index is 12.0. The van der Waals surface area contributed by atoms with Gasteiger partial charge in [0.1, 0.15) is 12.4 Å². The molecule has 4 nitrogen and oxygen atoms in total. The van der Waals surface area contributed by atoms with Crippen molar-refractivity contribution < 1.29 is 14.3 Å². The van der Waals surface area contributed by atoms with Gasteiger partial charge in [0.2, 0.25) is 0 Å². The fourth-order valence-electron chi connectivity index (χ4n) is 1.85. The van der Waals surface area contributed by atoms with Gasteiger partial charge in [0.25, 0.3) is 0 Å². The lowest BCUT2D eigenvalue weighted by molar-refractivity contribution is 0.0470. The molecule has 2 aromatic rings. The summed E-state index contributed by atoms with van der Waals surface area (Å²) in [5, 5.41) is 0. The smallest absolute Gasteiger partial charge is 0.338 e. The Balaban J connectivity index is 2.06. The van der Waals surface area contributed by atoms with Gasteiger partial charge < -0.3 is 15.2 Å². The number of methoxy groups -OCH3 is 1. The number of esters is 1. The first kappa shape index (κ1) is 13.9. The molecule has 0 aromatic heterocycles. The molecule has 0 heterocycles. The second-order valence-electron chi connectivity index (χ2n) is 4.46. The van der Waals surface area contributed by atoms with Gasteiger partial charge in [-0.1, -0.05) is 18.2 Å². The molecule has 0 aliphatic carbocycles. The minimum absolute atomic E-state index is 0.173. The molecule has 0 saturated carbocycles. The second-order valence-corrected chi connectivity index (χ2v) is 4.46. The Kier molecular flexibility index (Phi) is 4.25. The molecule has 2 N–H and O–H groups in total. The standard InChI is InChI=1S/C16H17NO3/c1-11-9-12(7-8-14(11)17)16(18)20-10-13-5-3-4-6-15(13)19-2/h3-9H,10,17H2,1-2H3. The highest BCUT2D eigenvalue weighted by Gasteiger charge is 2.10. The lowest BCUT2D eigenvalue weighted by atomic mass is 10.1. The number of ether oxygens (including phenoxy) is 2. The van der Waals surface area contributed by atoms with Crippen molar-refractivity contribution in [3.05, 3.63) is 59.2 Å². The number of carbonyl (C=O) groups excluding carboxylic acids is 1. The molecule has 0 aliphatic rings. The van der Waals surface area contributed by atoms with E-state index in [2.05, 4.69) is 0 Å². The van der Waals surface area contributed by atoms with Crippen LogP contribution in [0.5, 0.6) is 5.75 Å². The van der Waals surface area contributed by atoms with E-state index in [1.165, 1.54) is 0 Å². The minimum atomic E-state index is -0.376. The maximum Gasteiger partial charge on any atom is 0.338 e. The number of aryl methyl sites for hydroxylation is 1. The van der Waals surface area contributed by atoms with Crippen LogP contribution >= 0.6 is 0 Å². The first-order chi connectivity index (χ1) is 9.61. The van der Waals surface area contributed by atoms with Crippen LogP contribution in [0.3, 0.4) is 0 Å². The molecule has 0 saturated heterocycles. The van der Waals surface area contributed by atoms with Gasteiger partial charge in [0.15, 0.2) is 0 Å². The van der Waals surface area contributed by atoms with E-state index in [1.807, 2.05) is 31.2 Å². The fraction of sp³-hybridized carbons (Fsp3) is 0.188. The van der Waals surface area contributed by atoms with Crippen molar-refractivity contribution in [1.29, 1.82) is 0 Å². The minimum Gasteiger partial charge on any atom is -0.496 e. The molecule has 0 radical (unpaired) electrons. The Labute approximate surface area is 118 Å². The van der Waals surface area contributed by atoms with Crippen molar-refractivity contribution in [2.75, 3.05) is 12.8 Å². The van der Waals surface area contributed by atoms with E-state index in [-0.39, 0.29) is 12.6 Å². The number of nitrogens with two attached hydrogens (primary N) is 1. The van der Waals surface area contributed by atoms with Crippen molar-refractivity contribution in [2.24, 2.45) is 0 Å². The van der Waals surface area contributed by atoms with Crippen molar-refractivity contribution in [3.8, 4) is 5.75 Å². The molecule has 0 atom stereocenters. The van der Waals surface area contributed by atoms with Crippen LogP contribution in [0.1, 0.15) is 21.5 Å². The summed E-state index contributed by atoms with van der Waals surface area (Å²) in [7, 11) is 1.59. The van der Waals surface area contributed by atoms with Crippen LogP contribution in [0.25, 0.3) is 0 Å². The summed E-state index contributed by atoms with van der Waals surface area (Å²) in [6, 6.07) is 12.5. The molecule has 0 amide bonds. The van der Waals surface area contributed by atoms with Crippen LogP contribution in [0, 0.1) is 6.92 Å². The third-order valence-electron chi connectivity index (χ3n) is 3.06. The Morgan fingerprint density at radius 2 is 1.95 bits per heavy atom. The average Bonchev–Trinajstić information content (AvgIpc) is 2.47. The normalized spacial score (nSPS) is 10.1. The maximum atomic E-state index is 12.0. The van der Waals surface area contributed by atoms with Gasteiger partial charge in [0.05, 0.1) is 12.7 Å². The van der Waals surface area contributed by atoms with Gasteiger partial charge >= 0.3 is 5.97 Å². The third kappa shape index (κ3) is 3.09. The molecule has 4 heteroatoms. The van der Waals surface area contributed by atoms with E-state index in [4.69, 9.17) is 15.2 Å². The van der Waals surface area contributed by atoms with Gasteiger partial charge in [-0.3, -0.25) is 0 Å². The average molecular weight is 271 g/mol. The summed E-state index contributed by atoms with van der Waals surface area (Å²) in [5.41, 5.74) is 8.56. The first-order valence-corrected chi connectivity index (χ1v) is 6.27. The van der Waals surface area contributed by atoms with Crippen LogP contribution < -0.4 is 10.5 Å². The molecule has 0 bridgehead atoms. The number of nitrogen functional groups attached to an aromatic ring is 1. The predicted molar refractivity (Wildman–Crippen MR) is 77.7 cm³/mol. The molecular formula is C16H17NO3. The van der Waals surface area contributed by atoms with E-state index >= 15 is 0 Å². The van der Waals surface area contributed by atoms with Gasteiger partial charge in [-0.2, -0.15) is 0 Å². The molecule has 0 spiro atoms. The summed E-state index contributed by atoms with van der Waals surface area (Å²) in [6.07, 6.45) is 0. The van der Waals surface area contributed by atoms with Gasteiger partial charge in [-0.05, 0) is 36.8 Å². The molecule has 0 fully saturated rings. The summed E-state index contributed by atoms with van der Waals surface area (Å²) in [6.45, 7) is 2.03. The largest absolute Gasteiger partial charge is 0.496 e. The zero-order valence-corrected chi connectivity index (χ0v) is 11.6. The van der Waals surface area contributed by atoms with Crippen LogP contribution in [0.2, 0.25) is 0 Å². The highest BCUT2D eigenvalue weighted by atomic mass is 16.5. The lowest BCUT2D eigenvalue weighted by Gasteiger charge is -2.09. The molecule has 0 aliphatic heterocycles. The van der Waals surface area contributed by atoms with Crippen LogP contribution in [0.4, 0.5) is 5.69 Å². The number of benzene rings is 2. The Morgan fingerprint density at radius 1 is 1.20 bits per heavy atom. The molecule has 20 heavy (non-hydrogen) atoms. The van der Waals surface area contributed by atoms with Crippen molar-refractivity contribution in [1.82, 2.24) is 0 Å². The van der Waals surface area contributed by atoms with Crippen LogP contribution in [0.15, 0.2) is 42.5 Å². The van der Waals surface area contributed by atoms with E-state index < -0.39 is 0 Å². The highest BCUT2D eigenvalue weighted by Crippen LogP contribution is 2.19. The van der Waals surface area contributed by atoms with Crippen LogP contribution in [-0.4, -0.2) is 13.1 Å². The lowest BCUT2D eigenvalue weighted by Crippen LogP contribution is -2.06. The fourth-order valence-corrected chi connectivity index (χ4v) is 1.85. The van der Waals surface area contributed by atoms with E-state index in [9.17, 15) is 4.79 Å².